The van der Waals surface area contributed by atoms with E-state index in [0.717, 1.165) is 63.9 Å². The minimum atomic E-state index is -0.377. The smallest absolute Gasteiger partial charge is 0.302 e. The van der Waals surface area contributed by atoms with Crippen molar-refractivity contribution in [2.24, 2.45) is 11.1 Å². The zero-order chi connectivity index (χ0) is 36.0. The second-order valence-electron chi connectivity index (χ2n) is 14.8. The number of piperidine rings is 2. The summed E-state index contributed by atoms with van der Waals surface area (Å²) in [6.45, 7) is 10.2. The lowest BCUT2D eigenvalue weighted by atomic mass is 9.72. The van der Waals surface area contributed by atoms with Crippen LogP contribution < -0.4 is 5.73 Å². The number of likely N-dealkylation sites (tertiary alicyclic amines) is 2. The zero-order valence-electron chi connectivity index (χ0n) is 30.5. The molecule has 6 rings (SSSR count). The van der Waals surface area contributed by atoms with E-state index in [9.17, 15) is 14.4 Å². The highest BCUT2D eigenvalue weighted by Crippen LogP contribution is 2.40. The van der Waals surface area contributed by atoms with Gasteiger partial charge in [0, 0.05) is 64.5 Å². The number of hydrogen-bond acceptors (Lipinski definition) is 8. The summed E-state index contributed by atoms with van der Waals surface area (Å²) >= 11 is 0. The van der Waals surface area contributed by atoms with Crippen molar-refractivity contribution >= 4 is 34.8 Å². The predicted octanol–water partition coefficient (Wildman–Crippen LogP) is 5.78. The number of amides is 1. The summed E-state index contributed by atoms with van der Waals surface area (Å²) in [5.74, 6) is -0.615. The third-order valence-corrected chi connectivity index (χ3v) is 11.0. The zero-order valence-corrected chi connectivity index (χ0v) is 30.5. The first kappa shape index (κ1) is 36.8. The van der Waals surface area contributed by atoms with E-state index in [1.807, 2.05) is 4.90 Å². The summed E-state index contributed by atoms with van der Waals surface area (Å²) < 4.78 is 19.5. The van der Waals surface area contributed by atoms with Crippen LogP contribution in [0.25, 0.3) is 17.0 Å². The molecule has 10 nitrogen and oxygen atoms in total. The number of ether oxygens (including phenoxy) is 3. The van der Waals surface area contributed by atoms with Crippen LogP contribution >= 0.6 is 0 Å². The van der Waals surface area contributed by atoms with Crippen LogP contribution in [0.5, 0.6) is 0 Å². The Morgan fingerprint density at radius 2 is 1.78 bits per heavy atom. The largest absolute Gasteiger partial charge is 0.463 e. The van der Waals surface area contributed by atoms with Gasteiger partial charge >= 0.3 is 11.9 Å². The molecule has 2 N–H and O–H groups in total. The van der Waals surface area contributed by atoms with Gasteiger partial charge in [0.05, 0.1) is 18.2 Å². The summed E-state index contributed by atoms with van der Waals surface area (Å²) in [6.07, 6.45) is 13.0. The molecule has 3 aliphatic rings. The van der Waals surface area contributed by atoms with E-state index in [2.05, 4.69) is 77.2 Å². The van der Waals surface area contributed by atoms with Crippen LogP contribution in [0, 0.1) is 12.3 Å². The average molecular weight is 699 g/mol. The fourth-order valence-corrected chi connectivity index (χ4v) is 8.45. The molecule has 10 heteroatoms. The highest BCUT2D eigenvalue weighted by molar-refractivity contribution is 5.87. The Morgan fingerprint density at radius 3 is 2.51 bits per heavy atom. The molecule has 0 aliphatic carbocycles. The van der Waals surface area contributed by atoms with Gasteiger partial charge in [-0.1, -0.05) is 48.6 Å². The van der Waals surface area contributed by atoms with Crippen molar-refractivity contribution in [1.82, 2.24) is 14.4 Å². The molecule has 1 spiro atoms. The number of aryl methyl sites for hydroxylation is 1. The minimum absolute atomic E-state index is 0.0770. The molecule has 0 radical (unpaired) electrons. The highest BCUT2D eigenvalue weighted by Gasteiger charge is 2.39. The van der Waals surface area contributed by atoms with E-state index in [4.69, 9.17) is 19.9 Å². The molecule has 1 amide bonds. The highest BCUT2D eigenvalue weighted by atomic mass is 16.6. The summed E-state index contributed by atoms with van der Waals surface area (Å²) in [7, 11) is 0. The second kappa shape index (κ2) is 16.6. The molecule has 274 valence electrons. The normalized spacial score (nSPS) is 22.4. The van der Waals surface area contributed by atoms with Crippen LogP contribution in [-0.2, 0) is 35.0 Å². The topological polar surface area (TPSA) is 116 Å². The van der Waals surface area contributed by atoms with Crippen molar-refractivity contribution in [2.75, 3.05) is 45.9 Å². The molecular formula is C41H54N4O6. The van der Waals surface area contributed by atoms with E-state index in [1.165, 1.54) is 54.3 Å². The molecular weight excluding hydrogens is 644 g/mol. The Kier molecular flexibility index (Phi) is 12.0. The Labute approximate surface area is 301 Å². The first-order valence-electron chi connectivity index (χ1n) is 18.6. The van der Waals surface area contributed by atoms with Gasteiger partial charge in [-0.3, -0.25) is 14.4 Å². The third kappa shape index (κ3) is 9.28. The molecule has 4 heterocycles. The van der Waals surface area contributed by atoms with Gasteiger partial charge in [-0.15, -0.1) is 0 Å². The van der Waals surface area contributed by atoms with Crippen molar-refractivity contribution in [3.63, 3.8) is 0 Å². The van der Waals surface area contributed by atoms with Gasteiger partial charge in [0.25, 0.3) is 0 Å². The molecule has 1 aromatic heterocycles. The standard InChI is InChI=1S/C41H54N4O6/c1-29-8-6-10-37-40(29)34(26-45(37)39-24-35(50-31(3)47)23-36(51-39)27-49-30(2)46)22-33-13-11-32(12-14-33)9-4-5-18-43-19-7-15-41(28-43)16-20-44(21-17-41)38(48)25-42/h4,6,8-14,26,35-36,39H,5,7,15-25,27-28,42H2,1-3H3/b9-4+. The lowest BCUT2D eigenvalue weighted by Crippen LogP contribution is -2.51. The number of esters is 2. The predicted molar refractivity (Wildman–Crippen MR) is 198 cm³/mol. The fraction of sp³-hybridized carbons (Fsp3) is 0.537. The molecule has 3 aliphatic heterocycles. The number of hydrogen-bond donors (Lipinski definition) is 1. The van der Waals surface area contributed by atoms with Crippen molar-refractivity contribution in [2.45, 2.75) is 90.6 Å². The number of carbonyl (C=O) groups is 3. The van der Waals surface area contributed by atoms with Crippen LogP contribution in [0.2, 0.25) is 0 Å². The van der Waals surface area contributed by atoms with Gasteiger partial charge in [0.2, 0.25) is 5.91 Å². The van der Waals surface area contributed by atoms with Crippen molar-refractivity contribution in [3.8, 4) is 0 Å². The van der Waals surface area contributed by atoms with E-state index in [0.29, 0.717) is 18.3 Å². The Balaban J connectivity index is 1.07. The van der Waals surface area contributed by atoms with E-state index in [-0.39, 0.29) is 49.4 Å². The lowest BCUT2D eigenvalue weighted by molar-refractivity contribution is -0.178. The molecule has 2 aromatic carbocycles. The van der Waals surface area contributed by atoms with Crippen molar-refractivity contribution in [3.05, 3.63) is 77.0 Å². The number of nitrogens with zero attached hydrogens (tertiary/aromatic N) is 3. The molecule has 3 atom stereocenters. The summed E-state index contributed by atoms with van der Waals surface area (Å²) in [5.41, 5.74) is 11.8. The van der Waals surface area contributed by atoms with Gasteiger partial charge in [-0.05, 0) is 85.7 Å². The number of rotatable bonds is 11. The first-order chi connectivity index (χ1) is 24.6. The Bertz CT molecular complexity index is 1710. The molecule has 3 saturated heterocycles. The van der Waals surface area contributed by atoms with Crippen molar-refractivity contribution < 1.29 is 28.6 Å². The Morgan fingerprint density at radius 1 is 1.00 bits per heavy atom. The van der Waals surface area contributed by atoms with Gasteiger partial charge in [0.15, 0.2) is 0 Å². The van der Waals surface area contributed by atoms with Crippen molar-refractivity contribution in [1.29, 1.82) is 0 Å². The summed E-state index contributed by atoms with van der Waals surface area (Å²) in [4.78, 5) is 40.0. The molecule has 0 bridgehead atoms. The number of benzene rings is 2. The molecule has 51 heavy (non-hydrogen) atoms. The summed E-state index contributed by atoms with van der Waals surface area (Å²) in [6, 6.07) is 15.1. The summed E-state index contributed by atoms with van der Waals surface area (Å²) in [5, 5.41) is 1.20. The van der Waals surface area contributed by atoms with Crippen LogP contribution in [0.1, 0.15) is 87.3 Å². The van der Waals surface area contributed by atoms with E-state index >= 15 is 0 Å². The van der Waals surface area contributed by atoms with Crippen LogP contribution in [0.4, 0.5) is 0 Å². The maximum absolute atomic E-state index is 12.0. The van der Waals surface area contributed by atoms with Crippen LogP contribution in [0.3, 0.4) is 0 Å². The SMILES string of the molecule is CC(=O)OCC1CC(OC(C)=O)CC(n2cc(Cc3ccc(/C=C/CCN4CCCC5(CCN(C(=O)CN)CC5)C4)cc3)c3c(C)cccc32)O1. The van der Waals surface area contributed by atoms with Gasteiger partial charge in [-0.2, -0.15) is 0 Å². The number of fused-ring (bicyclic) bond motifs is 1. The molecule has 0 saturated carbocycles. The van der Waals surface area contributed by atoms with E-state index < -0.39 is 0 Å². The Hall–Kier alpha value is -3.99. The van der Waals surface area contributed by atoms with Gasteiger partial charge in [0.1, 0.15) is 18.9 Å². The maximum Gasteiger partial charge on any atom is 0.302 e. The average Bonchev–Trinajstić information content (AvgIpc) is 3.49. The molecule has 3 fully saturated rings. The second-order valence-corrected chi connectivity index (χ2v) is 14.8. The number of nitrogens with two attached hydrogens (primary N) is 1. The van der Waals surface area contributed by atoms with Gasteiger partial charge in [-0.25, -0.2) is 0 Å². The minimum Gasteiger partial charge on any atom is -0.463 e. The molecule has 3 aromatic rings. The number of aromatic nitrogens is 1. The maximum atomic E-state index is 12.0. The van der Waals surface area contributed by atoms with Gasteiger partial charge < -0.3 is 34.3 Å². The third-order valence-electron chi connectivity index (χ3n) is 11.0. The first-order valence-corrected chi connectivity index (χ1v) is 18.6. The fourth-order valence-electron chi connectivity index (χ4n) is 8.45. The van der Waals surface area contributed by atoms with Crippen LogP contribution in [0.15, 0.2) is 54.7 Å². The quantitative estimate of drug-likeness (QED) is 0.251. The lowest BCUT2D eigenvalue weighted by Gasteiger charge is -2.47. The monoisotopic (exact) mass is 698 g/mol. The molecule has 3 unspecified atom stereocenters. The van der Waals surface area contributed by atoms with E-state index in [1.54, 1.807) is 0 Å². The number of carbonyl (C=O) groups excluding carboxylic acids is 3. The van der Waals surface area contributed by atoms with Crippen LogP contribution in [-0.4, -0.2) is 90.3 Å².